The van der Waals surface area contributed by atoms with Gasteiger partial charge in [0.1, 0.15) is 0 Å². The fraction of sp³-hybridized carbons (Fsp3) is 0.417. The second-order valence-corrected chi connectivity index (χ2v) is 4.88. The molecule has 0 bridgehead atoms. The van der Waals surface area contributed by atoms with Gasteiger partial charge in [0.2, 0.25) is 0 Å². The molecule has 0 unspecified atom stereocenters. The summed E-state index contributed by atoms with van der Waals surface area (Å²) in [5.74, 6) is 0.0843. The van der Waals surface area contributed by atoms with Crippen LogP contribution in [-0.2, 0) is 9.53 Å². The van der Waals surface area contributed by atoms with Crippen molar-refractivity contribution in [2.24, 2.45) is 5.92 Å². The zero-order chi connectivity index (χ0) is 10.7. The van der Waals surface area contributed by atoms with Gasteiger partial charge in [0.05, 0.1) is 12.5 Å². The Morgan fingerprint density at radius 3 is 2.87 bits per heavy atom. The summed E-state index contributed by atoms with van der Waals surface area (Å²) >= 11 is 1.77. The lowest BCUT2D eigenvalue weighted by Gasteiger charge is -2.01. The molecule has 0 aliphatic heterocycles. The van der Waals surface area contributed by atoms with Gasteiger partial charge in [-0.1, -0.05) is 18.2 Å². The van der Waals surface area contributed by atoms with Crippen molar-refractivity contribution < 1.29 is 9.53 Å². The van der Waals surface area contributed by atoms with E-state index in [9.17, 15) is 4.79 Å². The summed E-state index contributed by atoms with van der Waals surface area (Å²) in [6, 6.07) is 10.2. The molecule has 1 aromatic carbocycles. The highest BCUT2D eigenvalue weighted by atomic mass is 32.2. The Kier molecular flexibility index (Phi) is 3.31. The molecule has 0 amide bonds. The lowest BCUT2D eigenvalue weighted by molar-refractivity contribution is -0.144. The molecule has 0 saturated heterocycles. The van der Waals surface area contributed by atoms with Gasteiger partial charge in [-0.3, -0.25) is 4.79 Å². The number of carbonyl (C=O) groups excluding carboxylic acids is 1. The van der Waals surface area contributed by atoms with Crippen LogP contribution in [0.5, 0.6) is 0 Å². The first kappa shape index (κ1) is 10.6. The molecule has 2 rings (SSSR count). The van der Waals surface area contributed by atoms with Gasteiger partial charge in [-0.15, -0.1) is 11.8 Å². The molecule has 1 fully saturated rings. The minimum atomic E-state index is -0.0362. The number of thioether (sulfide) groups is 1. The van der Waals surface area contributed by atoms with Crippen molar-refractivity contribution >= 4 is 17.7 Å². The molecular formula is C12H14O2S. The molecule has 1 saturated carbocycles. The molecule has 80 valence electrons. The number of rotatable bonds is 4. The maximum atomic E-state index is 11.4. The van der Waals surface area contributed by atoms with Crippen molar-refractivity contribution in [3.63, 3.8) is 0 Å². The van der Waals surface area contributed by atoms with Gasteiger partial charge >= 0.3 is 5.97 Å². The standard InChI is InChI=1S/C12H14O2S/c1-2-14-12(13)10-8-11(10)15-9-6-4-3-5-7-9/h3-7,10-11H,2,8H2,1H3/t10-,11-/m1/s1. The van der Waals surface area contributed by atoms with E-state index in [-0.39, 0.29) is 11.9 Å². The van der Waals surface area contributed by atoms with Gasteiger partial charge < -0.3 is 4.74 Å². The SMILES string of the molecule is CCOC(=O)[C@@H]1C[C@H]1Sc1ccccc1. The lowest BCUT2D eigenvalue weighted by atomic mass is 10.4. The van der Waals surface area contributed by atoms with E-state index in [2.05, 4.69) is 12.1 Å². The number of esters is 1. The summed E-state index contributed by atoms with van der Waals surface area (Å²) in [5, 5.41) is 0.423. The summed E-state index contributed by atoms with van der Waals surface area (Å²) in [5.41, 5.74) is 0. The smallest absolute Gasteiger partial charge is 0.310 e. The van der Waals surface area contributed by atoms with Gasteiger partial charge in [0, 0.05) is 10.1 Å². The normalized spacial score (nSPS) is 23.5. The maximum absolute atomic E-state index is 11.4. The van der Waals surface area contributed by atoms with Crippen LogP contribution in [0.3, 0.4) is 0 Å². The van der Waals surface area contributed by atoms with E-state index < -0.39 is 0 Å². The largest absolute Gasteiger partial charge is 0.466 e. The van der Waals surface area contributed by atoms with E-state index >= 15 is 0 Å². The minimum absolute atomic E-state index is 0.0362. The molecule has 15 heavy (non-hydrogen) atoms. The molecule has 0 N–H and O–H groups in total. The van der Waals surface area contributed by atoms with Crippen molar-refractivity contribution in [2.45, 2.75) is 23.5 Å². The molecular weight excluding hydrogens is 208 g/mol. The van der Waals surface area contributed by atoms with Gasteiger partial charge in [0.25, 0.3) is 0 Å². The molecule has 3 heteroatoms. The fourth-order valence-corrected chi connectivity index (χ4v) is 2.72. The Balaban J connectivity index is 1.83. The third-order valence-electron chi connectivity index (χ3n) is 2.35. The number of carbonyl (C=O) groups is 1. The summed E-state index contributed by atoms with van der Waals surface area (Å²) in [6.45, 7) is 2.33. The average molecular weight is 222 g/mol. The minimum Gasteiger partial charge on any atom is -0.466 e. The zero-order valence-corrected chi connectivity index (χ0v) is 9.50. The van der Waals surface area contributed by atoms with E-state index in [4.69, 9.17) is 4.74 Å². The molecule has 1 aliphatic carbocycles. The molecule has 0 radical (unpaired) electrons. The molecule has 2 nitrogen and oxygen atoms in total. The predicted molar refractivity (Wildman–Crippen MR) is 60.8 cm³/mol. The summed E-state index contributed by atoms with van der Waals surface area (Å²) in [7, 11) is 0. The van der Waals surface area contributed by atoms with Crippen LogP contribution in [-0.4, -0.2) is 17.8 Å². The number of hydrogen-bond acceptors (Lipinski definition) is 3. The van der Waals surface area contributed by atoms with Gasteiger partial charge in [0.15, 0.2) is 0 Å². The van der Waals surface area contributed by atoms with Crippen LogP contribution in [0.25, 0.3) is 0 Å². The molecule has 2 atom stereocenters. The Labute approximate surface area is 94.0 Å². The Hall–Kier alpha value is -0.960. The average Bonchev–Trinajstić information content (AvgIpc) is 2.99. The van der Waals surface area contributed by atoms with Crippen molar-refractivity contribution in [3.8, 4) is 0 Å². The third kappa shape index (κ3) is 2.75. The summed E-state index contributed by atoms with van der Waals surface area (Å²) < 4.78 is 4.98. The Morgan fingerprint density at radius 1 is 1.47 bits per heavy atom. The topological polar surface area (TPSA) is 26.3 Å². The second-order valence-electron chi connectivity index (χ2n) is 3.56. The van der Waals surface area contributed by atoms with Crippen LogP contribution in [0.1, 0.15) is 13.3 Å². The Bertz CT molecular complexity index is 337. The molecule has 1 aliphatic rings. The van der Waals surface area contributed by atoms with Gasteiger partial charge in [-0.2, -0.15) is 0 Å². The zero-order valence-electron chi connectivity index (χ0n) is 8.68. The van der Waals surface area contributed by atoms with Crippen LogP contribution in [0.15, 0.2) is 35.2 Å². The number of benzene rings is 1. The van der Waals surface area contributed by atoms with Crippen molar-refractivity contribution in [1.82, 2.24) is 0 Å². The van der Waals surface area contributed by atoms with E-state index in [1.807, 2.05) is 25.1 Å². The van der Waals surface area contributed by atoms with E-state index in [1.54, 1.807) is 11.8 Å². The van der Waals surface area contributed by atoms with Crippen LogP contribution in [0.4, 0.5) is 0 Å². The first-order valence-electron chi connectivity index (χ1n) is 5.19. The fourth-order valence-electron chi connectivity index (χ4n) is 1.47. The number of hydrogen-bond donors (Lipinski definition) is 0. The third-order valence-corrected chi connectivity index (χ3v) is 3.72. The monoisotopic (exact) mass is 222 g/mol. The molecule has 1 aromatic rings. The highest BCUT2D eigenvalue weighted by Gasteiger charge is 2.44. The van der Waals surface area contributed by atoms with E-state index in [0.717, 1.165) is 6.42 Å². The quantitative estimate of drug-likeness (QED) is 0.733. The summed E-state index contributed by atoms with van der Waals surface area (Å²) in [6.07, 6.45) is 0.957. The van der Waals surface area contributed by atoms with Crippen molar-refractivity contribution in [3.05, 3.63) is 30.3 Å². The highest BCUT2D eigenvalue weighted by Crippen LogP contribution is 2.45. The first-order valence-corrected chi connectivity index (χ1v) is 6.07. The van der Waals surface area contributed by atoms with Crippen LogP contribution in [0.2, 0.25) is 0 Å². The van der Waals surface area contributed by atoms with E-state index in [0.29, 0.717) is 11.9 Å². The maximum Gasteiger partial charge on any atom is 0.310 e. The Morgan fingerprint density at radius 2 is 2.20 bits per heavy atom. The van der Waals surface area contributed by atoms with Crippen molar-refractivity contribution in [2.75, 3.05) is 6.61 Å². The van der Waals surface area contributed by atoms with Crippen molar-refractivity contribution in [1.29, 1.82) is 0 Å². The summed E-state index contributed by atoms with van der Waals surface area (Å²) in [4.78, 5) is 12.6. The lowest BCUT2D eigenvalue weighted by Crippen LogP contribution is -2.07. The molecule has 0 heterocycles. The van der Waals surface area contributed by atoms with Gasteiger partial charge in [-0.05, 0) is 25.5 Å². The highest BCUT2D eigenvalue weighted by molar-refractivity contribution is 8.00. The predicted octanol–water partition coefficient (Wildman–Crippen LogP) is 2.73. The molecule has 0 aromatic heterocycles. The molecule has 0 spiro atoms. The van der Waals surface area contributed by atoms with Gasteiger partial charge in [-0.25, -0.2) is 0 Å². The number of ether oxygens (including phenoxy) is 1. The van der Waals surface area contributed by atoms with Crippen LogP contribution >= 0.6 is 11.8 Å². The van der Waals surface area contributed by atoms with Crippen LogP contribution < -0.4 is 0 Å². The second kappa shape index (κ2) is 4.71. The van der Waals surface area contributed by atoms with E-state index in [1.165, 1.54) is 4.90 Å². The first-order chi connectivity index (χ1) is 7.31. The van der Waals surface area contributed by atoms with Crippen LogP contribution in [0, 0.1) is 5.92 Å².